The molecule has 3 rings (SSSR count). The van der Waals surface area contributed by atoms with Gasteiger partial charge < -0.3 is 14.6 Å². The van der Waals surface area contributed by atoms with Gasteiger partial charge in [-0.2, -0.15) is 5.26 Å². The minimum Gasteiger partial charge on any atom is -0.497 e. The standard InChI is InChI=1S/C27H29N3O2/c1-18-15-20(19(2)30(18)24-11-7-22(8-12-24)27(3,4)5)16-21(17-28)26(31)29-23-9-13-25(32-6)14-10-23/h7-16H,1-6H3,(H,29,31). The Balaban J connectivity index is 1.88. The maximum absolute atomic E-state index is 12.7. The highest BCUT2D eigenvalue weighted by atomic mass is 16.5. The maximum Gasteiger partial charge on any atom is 0.266 e. The molecule has 164 valence electrons. The number of ether oxygens (including phenoxy) is 1. The Hall–Kier alpha value is -3.78. The number of nitrogens with one attached hydrogen (secondary N) is 1. The number of hydrogen-bond donors (Lipinski definition) is 1. The largest absolute Gasteiger partial charge is 0.497 e. The third-order valence-corrected chi connectivity index (χ3v) is 5.47. The molecular formula is C27H29N3O2. The average Bonchev–Trinajstić information content (AvgIpc) is 3.04. The first-order chi connectivity index (χ1) is 15.1. The lowest BCUT2D eigenvalue weighted by molar-refractivity contribution is -0.112. The lowest BCUT2D eigenvalue weighted by Crippen LogP contribution is -2.13. The van der Waals surface area contributed by atoms with Crippen molar-refractivity contribution in [3.63, 3.8) is 0 Å². The minimum atomic E-state index is -0.447. The van der Waals surface area contributed by atoms with Gasteiger partial charge in [-0.25, -0.2) is 0 Å². The van der Waals surface area contributed by atoms with Crippen LogP contribution in [0.5, 0.6) is 5.75 Å². The highest BCUT2D eigenvalue weighted by Crippen LogP contribution is 2.27. The number of benzene rings is 2. The molecule has 0 unspecified atom stereocenters. The van der Waals surface area contributed by atoms with Gasteiger partial charge >= 0.3 is 0 Å². The van der Waals surface area contributed by atoms with Crippen molar-refractivity contribution in [3.8, 4) is 17.5 Å². The molecular weight excluding hydrogens is 398 g/mol. The predicted octanol–water partition coefficient (Wildman–Crippen LogP) is 5.95. The number of carbonyl (C=O) groups is 1. The molecule has 0 saturated carbocycles. The van der Waals surface area contributed by atoms with Crippen molar-refractivity contribution in [1.82, 2.24) is 4.57 Å². The van der Waals surface area contributed by atoms with Gasteiger partial charge in [-0.1, -0.05) is 32.9 Å². The highest BCUT2D eigenvalue weighted by Gasteiger charge is 2.16. The summed E-state index contributed by atoms with van der Waals surface area (Å²) < 4.78 is 7.26. The van der Waals surface area contributed by atoms with Crippen molar-refractivity contribution in [1.29, 1.82) is 5.26 Å². The summed E-state index contributed by atoms with van der Waals surface area (Å²) in [6, 6.07) is 19.5. The topological polar surface area (TPSA) is 67.0 Å². The number of nitriles is 1. The van der Waals surface area contributed by atoms with Crippen molar-refractivity contribution in [2.45, 2.75) is 40.0 Å². The van der Waals surface area contributed by atoms with Crippen LogP contribution in [0, 0.1) is 25.2 Å². The van der Waals surface area contributed by atoms with Crippen molar-refractivity contribution in [2.24, 2.45) is 0 Å². The molecule has 0 atom stereocenters. The van der Waals surface area contributed by atoms with E-state index in [1.54, 1.807) is 37.5 Å². The quantitative estimate of drug-likeness (QED) is 0.404. The molecule has 5 heteroatoms. The molecule has 0 spiro atoms. The third kappa shape index (κ3) is 4.92. The van der Waals surface area contributed by atoms with E-state index in [4.69, 9.17) is 4.74 Å². The first-order valence-corrected chi connectivity index (χ1v) is 10.5. The maximum atomic E-state index is 12.7. The Kier molecular flexibility index (Phi) is 6.55. The molecule has 3 aromatic rings. The van der Waals surface area contributed by atoms with Gasteiger partial charge in [-0.3, -0.25) is 4.79 Å². The summed E-state index contributed by atoms with van der Waals surface area (Å²) in [6.07, 6.45) is 1.64. The molecule has 0 aliphatic rings. The zero-order chi connectivity index (χ0) is 23.5. The molecule has 0 aliphatic carbocycles. The van der Waals surface area contributed by atoms with Crippen LogP contribution < -0.4 is 10.1 Å². The summed E-state index contributed by atoms with van der Waals surface area (Å²) in [4.78, 5) is 12.7. The molecule has 2 aromatic carbocycles. The molecule has 0 saturated heterocycles. The molecule has 1 amide bonds. The minimum absolute atomic E-state index is 0.0455. The molecule has 0 bridgehead atoms. The van der Waals surface area contributed by atoms with Gasteiger partial charge in [0, 0.05) is 22.8 Å². The second-order valence-electron chi connectivity index (χ2n) is 8.81. The Bertz CT molecular complexity index is 1190. The molecule has 32 heavy (non-hydrogen) atoms. The number of hydrogen-bond acceptors (Lipinski definition) is 3. The molecule has 0 radical (unpaired) electrons. The number of anilines is 1. The first-order valence-electron chi connectivity index (χ1n) is 10.5. The van der Waals surface area contributed by atoms with Crippen LogP contribution in [-0.2, 0) is 10.2 Å². The van der Waals surface area contributed by atoms with Crippen molar-refractivity contribution in [2.75, 3.05) is 12.4 Å². The Morgan fingerprint density at radius 2 is 1.69 bits per heavy atom. The van der Waals surface area contributed by atoms with E-state index in [-0.39, 0.29) is 11.0 Å². The number of rotatable bonds is 5. The molecule has 0 fully saturated rings. The normalized spacial score (nSPS) is 11.7. The van der Waals surface area contributed by atoms with E-state index in [9.17, 15) is 10.1 Å². The number of amides is 1. The van der Waals surface area contributed by atoms with Crippen LogP contribution >= 0.6 is 0 Å². The summed E-state index contributed by atoms with van der Waals surface area (Å²) in [5.41, 5.74) is 5.89. The first kappa shape index (κ1) is 22.9. The van der Waals surface area contributed by atoms with E-state index in [2.05, 4.69) is 54.9 Å². The zero-order valence-corrected chi connectivity index (χ0v) is 19.5. The van der Waals surface area contributed by atoms with Crippen molar-refractivity contribution >= 4 is 17.7 Å². The summed E-state index contributed by atoms with van der Waals surface area (Å²) in [7, 11) is 1.58. The molecule has 1 aromatic heterocycles. The number of aryl methyl sites for hydroxylation is 1. The van der Waals surface area contributed by atoms with E-state index in [1.165, 1.54) is 5.56 Å². The van der Waals surface area contributed by atoms with E-state index >= 15 is 0 Å². The Morgan fingerprint density at radius 3 is 2.22 bits per heavy atom. The van der Waals surface area contributed by atoms with Crippen molar-refractivity contribution < 1.29 is 9.53 Å². The number of nitrogens with zero attached hydrogens (tertiary/aromatic N) is 2. The summed E-state index contributed by atoms with van der Waals surface area (Å²) in [5, 5.41) is 12.4. The molecule has 1 heterocycles. The van der Waals surface area contributed by atoms with Gasteiger partial charge in [-0.15, -0.1) is 0 Å². The highest BCUT2D eigenvalue weighted by molar-refractivity contribution is 6.09. The fraction of sp³-hybridized carbons (Fsp3) is 0.259. The molecule has 5 nitrogen and oxygen atoms in total. The average molecular weight is 428 g/mol. The fourth-order valence-corrected chi connectivity index (χ4v) is 3.62. The van der Waals surface area contributed by atoms with Gasteiger partial charge in [0.2, 0.25) is 0 Å². The van der Waals surface area contributed by atoms with E-state index < -0.39 is 5.91 Å². The zero-order valence-electron chi connectivity index (χ0n) is 19.5. The summed E-state index contributed by atoms with van der Waals surface area (Å²) >= 11 is 0. The monoisotopic (exact) mass is 427 g/mol. The molecule has 0 aliphatic heterocycles. The van der Waals surface area contributed by atoms with Gasteiger partial charge in [-0.05, 0) is 78.9 Å². The van der Waals surface area contributed by atoms with E-state index in [0.717, 1.165) is 22.6 Å². The SMILES string of the molecule is COc1ccc(NC(=O)C(C#N)=Cc2cc(C)n(-c3ccc(C(C)(C)C)cc3)c2C)cc1. The Morgan fingerprint density at radius 1 is 1.06 bits per heavy atom. The van der Waals surface area contributed by atoms with Crippen LogP contribution in [0.1, 0.15) is 43.3 Å². The molecule has 1 N–H and O–H groups in total. The Labute approximate surface area is 190 Å². The lowest BCUT2D eigenvalue weighted by atomic mass is 9.87. The predicted molar refractivity (Wildman–Crippen MR) is 129 cm³/mol. The second kappa shape index (κ2) is 9.15. The van der Waals surface area contributed by atoms with E-state index in [0.29, 0.717) is 11.4 Å². The van der Waals surface area contributed by atoms with Crippen LogP contribution in [0.3, 0.4) is 0 Å². The third-order valence-electron chi connectivity index (χ3n) is 5.47. The van der Waals surface area contributed by atoms with Gasteiger partial charge in [0.05, 0.1) is 7.11 Å². The van der Waals surface area contributed by atoms with Crippen LogP contribution in [0.25, 0.3) is 11.8 Å². The number of aromatic nitrogens is 1. The lowest BCUT2D eigenvalue weighted by Gasteiger charge is -2.20. The number of methoxy groups -OCH3 is 1. The number of carbonyl (C=O) groups excluding carboxylic acids is 1. The van der Waals surface area contributed by atoms with E-state index in [1.807, 2.05) is 26.0 Å². The van der Waals surface area contributed by atoms with Crippen LogP contribution in [0.15, 0.2) is 60.2 Å². The smallest absolute Gasteiger partial charge is 0.266 e. The second-order valence-corrected chi connectivity index (χ2v) is 8.81. The van der Waals surface area contributed by atoms with Crippen LogP contribution in [0.4, 0.5) is 5.69 Å². The summed E-state index contributed by atoms with van der Waals surface area (Å²) in [5.74, 6) is 0.249. The van der Waals surface area contributed by atoms with Gasteiger partial charge in [0.25, 0.3) is 5.91 Å². The van der Waals surface area contributed by atoms with Crippen LogP contribution in [-0.4, -0.2) is 17.6 Å². The fourth-order valence-electron chi connectivity index (χ4n) is 3.62. The van der Waals surface area contributed by atoms with Gasteiger partial charge in [0.1, 0.15) is 17.4 Å². The van der Waals surface area contributed by atoms with Crippen LogP contribution in [0.2, 0.25) is 0 Å². The summed E-state index contributed by atoms with van der Waals surface area (Å²) in [6.45, 7) is 10.6. The van der Waals surface area contributed by atoms with Crippen molar-refractivity contribution in [3.05, 3.63) is 82.7 Å². The van der Waals surface area contributed by atoms with Gasteiger partial charge in [0.15, 0.2) is 0 Å².